The van der Waals surface area contributed by atoms with Crippen molar-refractivity contribution >= 4 is 34.8 Å². The predicted octanol–water partition coefficient (Wildman–Crippen LogP) is 2.60. The molecule has 0 aliphatic carbocycles. The fourth-order valence-corrected chi connectivity index (χ4v) is 2.49. The van der Waals surface area contributed by atoms with Gasteiger partial charge in [0.2, 0.25) is 5.91 Å². The predicted molar refractivity (Wildman–Crippen MR) is 84.4 cm³/mol. The van der Waals surface area contributed by atoms with Gasteiger partial charge in [-0.1, -0.05) is 12.1 Å². The topological polar surface area (TPSA) is 85.1 Å². The smallest absolute Gasteiger partial charge is 0.234 e. The average Bonchev–Trinajstić information content (AvgIpc) is 2.47. The van der Waals surface area contributed by atoms with E-state index in [9.17, 15) is 9.59 Å². The number of nitrogens with two attached hydrogens (primary N) is 1. The summed E-state index contributed by atoms with van der Waals surface area (Å²) in [6.45, 7) is 1.47. The molecule has 3 N–H and O–H groups in total. The lowest BCUT2D eigenvalue weighted by Gasteiger charge is -2.09. The van der Waals surface area contributed by atoms with Crippen LogP contribution in [0.2, 0.25) is 0 Å². The summed E-state index contributed by atoms with van der Waals surface area (Å²) in [5, 5.41) is 2.74. The summed E-state index contributed by atoms with van der Waals surface area (Å²) >= 11 is 1.33. The van der Waals surface area contributed by atoms with Crippen LogP contribution in [0.5, 0.6) is 0 Å². The van der Waals surface area contributed by atoms with Crippen molar-refractivity contribution in [3.05, 3.63) is 48.3 Å². The maximum Gasteiger partial charge on any atom is 0.234 e. The van der Waals surface area contributed by atoms with Crippen LogP contribution in [0.15, 0.2) is 47.6 Å². The number of nitrogen functional groups attached to an aromatic ring is 1. The number of amides is 1. The Kier molecular flexibility index (Phi) is 4.94. The van der Waals surface area contributed by atoms with Gasteiger partial charge < -0.3 is 11.1 Å². The van der Waals surface area contributed by atoms with Crippen LogP contribution >= 0.6 is 11.8 Å². The Hall–Kier alpha value is -2.34. The van der Waals surface area contributed by atoms with Crippen molar-refractivity contribution in [3.63, 3.8) is 0 Å². The van der Waals surface area contributed by atoms with Gasteiger partial charge >= 0.3 is 0 Å². The van der Waals surface area contributed by atoms with Gasteiger partial charge in [0.05, 0.1) is 23.3 Å². The normalized spacial score (nSPS) is 10.1. The molecule has 108 valence electrons. The molecule has 0 saturated heterocycles. The minimum atomic E-state index is -0.190. The first kappa shape index (κ1) is 15.1. The Bertz CT molecular complexity index is 673. The Labute approximate surface area is 127 Å². The maximum atomic E-state index is 12.0. The fraction of sp³-hybridized carbons (Fsp3) is 0.133. The van der Waals surface area contributed by atoms with E-state index in [1.54, 1.807) is 42.7 Å². The minimum Gasteiger partial charge on any atom is -0.397 e. The van der Waals surface area contributed by atoms with Crippen LogP contribution in [0.4, 0.5) is 11.4 Å². The Morgan fingerprint density at radius 2 is 2.05 bits per heavy atom. The molecule has 0 bridgehead atoms. The van der Waals surface area contributed by atoms with Crippen LogP contribution in [0.1, 0.15) is 17.3 Å². The highest BCUT2D eigenvalue weighted by atomic mass is 32.2. The van der Waals surface area contributed by atoms with E-state index in [1.165, 1.54) is 18.7 Å². The highest BCUT2D eigenvalue weighted by Crippen LogP contribution is 2.24. The van der Waals surface area contributed by atoms with Crippen molar-refractivity contribution < 1.29 is 9.59 Å². The van der Waals surface area contributed by atoms with Crippen molar-refractivity contribution in [1.82, 2.24) is 4.98 Å². The molecule has 5 nitrogen and oxygen atoms in total. The highest BCUT2D eigenvalue weighted by molar-refractivity contribution is 8.00. The number of thioether (sulfide) groups is 1. The number of anilines is 2. The first-order chi connectivity index (χ1) is 10.1. The van der Waals surface area contributed by atoms with Crippen LogP contribution < -0.4 is 11.1 Å². The standard InChI is InChI=1S/C15H15N3O2S/c1-10(19)11-4-2-3-5-13(11)18-15(20)9-21-14-6-7-17-8-12(14)16/h2-8H,9,16H2,1H3,(H,18,20). The number of pyridine rings is 1. The Morgan fingerprint density at radius 1 is 1.29 bits per heavy atom. The van der Waals surface area contributed by atoms with E-state index in [4.69, 9.17) is 5.73 Å². The number of carbonyl (C=O) groups is 2. The second kappa shape index (κ2) is 6.90. The third kappa shape index (κ3) is 4.06. The summed E-state index contributed by atoms with van der Waals surface area (Å²) in [4.78, 5) is 28.2. The van der Waals surface area contributed by atoms with Crippen molar-refractivity contribution in [2.45, 2.75) is 11.8 Å². The van der Waals surface area contributed by atoms with E-state index in [0.29, 0.717) is 16.9 Å². The third-order valence-corrected chi connectivity index (χ3v) is 3.84. The lowest BCUT2D eigenvalue weighted by Crippen LogP contribution is -2.16. The molecule has 2 aromatic rings. The molecule has 0 fully saturated rings. The molecule has 0 aliphatic rings. The average molecular weight is 301 g/mol. The molecular formula is C15H15N3O2S. The lowest BCUT2D eigenvalue weighted by molar-refractivity contribution is -0.113. The fourth-order valence-electron chi connectivity index (χ4n) is 1.75. The Morgan fingerprint density at radius 3 is 2.76 bits per heavy atom. The zero-order valence-electron chi connectivity index (χ0n) is 11.5. The summed E-state index contributed by atoms with van der Waals surface area (Å²) in [6.07, 6.45) is 3.17. The van der Waals surface area contributed by atoms with Crippen molar-refractivity contribution in [2.75, 3.05) is 16.8 Å². The second-order valence-electron chi connectivity index (χ2n) is 4.35. The van der Waals surface area contributed by atoms with Crippen molar-refractivity contribution in [3.8, 4) is 0 Å². The van der Waals surface area contributed by atoms with Gasteiger partial charge in [0, 0.05) is 16.7 Å². The quantitative estimate of drug-likeness (QED) is 0.655. The molecule has 6 heteroatoms. The molecule has 1 aromatic carbocycles. The molecule has 0 atom stereocenters. The third-order valence-electron chi connectivity index (χ3n) is 2.75. The van der Waals surface area contributed by atoms with Gasteiger partial charge in [0.15, 0.2) is 5.78 Å². The van der Waals surface area contributed by atoms with E-state index in [0.717, 1.165) is 4.90 Å². The Balaban J connectivity index is 2.00. The van der Waals surface area contributed by atoms with Gasteiger partial charge in [0.1, 0.15) is 0 Å². The molecule has 1 heterocycles. The summed E-state index contributed by atoms with van der Waals surface area (Å²) < 4.78 is 0. The first-order valence-electron chi connectivity index (χ1n) is 6.30. The van der Waals surface area contributed by atoms with Gasteiger partial charge in [-0.05, 0) is 25.1 Å². The van der Waals surface area contributed by atoms with Crippen LogP contribution in [-0.2, 0) is 4.79 Å². The molecular weight excluding hydrogens is 286 g/mol. The van der Waals surface area contributed by atoms with Crippen molar-refractivity contribution in [2.24, 2.45) is 0 Å². The molecule has 1 aromatic heterocycles. The van der Waals surface area contributed by atoms with Gasteiger partial charge in [0.25, 0.3) is 0 Å². The maximum absolute atomic E-state index is 12.0. The van der Waals surface area contributed by atoms with Gasteiger partial charge in [-0.3, -0.25) is 14.6 Å². The van der Waals surface area contributed by atoms with E-state index < -0.39 is 0 Å². The number of hydrogen-bond acceptors (Lipinski definition) is 5. The summed E-state index contributed by atoms with van der Waals surface area (Å²) in [6, 6.07) is 8.69. The number of para-hydroxylation sites is 1. The molecule has 21 heavy (non-hydrogen) atoms. The number of Topliss-reactive ketones (excluding diaryl/α,β-unsaturated/α-hetero) is 1. The number of aromatic nitrogens is 1. The van der Waals surface area contributed by atoms with E-state index in [-0.39, 0.29) is 17.4 Å². The van der Waals surface area contributed by atoms with Gasteiger partial charge in [-0.25, -0.2) is 0 Å². The van der Waals surface area contributed by atoms with Gasteiger partial charge in [-0.15, -0.1) is 11.8 Å². The zero-order chi connectivity index (χ0) is 15.2. The van der Waals surface area contributed by atoms with Crippen molar-refractivity contribution in [1.29, 1.82) is 0 Å². The first-order valence-corrected chi connectivity index (χ1v) is 7.28. The molecule has 2 rings (SSSR count). The molecule has 0 spiro atoms. The molecule has 0 unspecified atom stereocenters. The summed E-state index contributed by atoms with van der Waals surface area (Å²) in [5.74, 6) is -0.0673. The number of hydrogen-bond donors (Lipinski definition) is 2. The SMILES string of the molecule is CC(=O)c1ccccc1NC(=O)CSc1ccncc1N. The number of rotatable bonds is 5. The van der Waals surface area contributed by atoms with Crippen LogP contribution in [0.25, 0.3) is 0 Å². The highest BCUT2D eigenvalue weighted by Gasteiger charge is 2.10. The van der Waals surface area contributed by atoms with Gasteiger partial charge in [-0.2, -0.15) is 0 Å². The second-order valence-corrected chi connectivity index (χ2v) is 5.37. The number of ketones is 1. The van der Waals surface area contributed by atoms with Crippen LogP contribution in [-0.4, -0.2) is 22.4 Å². The number of nitrogens with one attached hydrogen (secondary N) is 1. The van der Waals surface area contributed by atoms with Crippen LogP contribution in [0, 0.1) is 0 Å². The lowest BCUT2D eigenvalue weighted by atomic mass is 10.1. The number of benzene rings is 1. The van der Waals surface area contributed by atoms with E-state index in [1.807, 2.05) is 0 Å². The monoisotopic (exact) mass is 301 g/mol. The zero-order valence-corrected chi connectivity index (χ0v) is 12.3. The molecule has 1 amide bonds. The molecule has 0 saturated carbocycles. The molecule has 0 aliphatic heterocycles. The summed E-state index contributed by atoms with van der Waals surface area (Å²) in [7, 11) is 0. The van der Waals surface area contributed by atoms with E-state index in [2.05, 4.69) is 10.3 Å². The van der Waals surface area contributed by atoms with Crippen LogP contribution in [0.3, 0.4) is 0 Å². The molecule has 0 radical (unpaired) electrons. The summed E-state index contributed by atoms with van der Waals surface area (Å²) in [5.41, 5.74) is 7.33. The minimum absolute atomic E-state index is 0.0862. The number of nitrogens with zero attached hydrogens (tertiary/aromatic N) is 1. The number of carbonyl (C=O) groups excluding carboxylic acids is 2. The van der Waals surface area contributed by atoms with E-state index >= 15 is 0 Å². The largest absolute Gasteiger partial charge is 0.397 e.